The van der Waals surface area contributed by atoms with Gasteiger partial charge in [-0.1, -0.05) is 54.7 Å². The van der Waals surface area contributed by atoms with E-state index in [1.165, 1.54) is 11.3 Å². The Balaban J connectivity index is 1.57. The molecule has 0 spiro atoms. The van der Waals surface area contributed by atoms with Gasteiger partial charge in [0, 0.05) is 31.2 Å². The fourth-order valence-electron chi connectivity index (χ4n) is 5.13. The second kappa shape index (κ2) is 13.1. The molecule has 0 bridgehead atoms. The first-order valence-corrected chi connectivity index (χ1v) is 18.2. The first-order chi connectivity index (χ1) is 21.3. The molecule has 1 aliphatic heterocycles. The van der Waals surface area contributed by atoms with Crippen LogP contribution in [0.1, 0.15) is 35.9 Å². The number of nitriles is 1. The molecular weight excluding hydrogens is 635 g/mol. The summed E-state index contributed by atoms with van der Waals surface area (Å²) in [7, 11) is -8.39. The Morgan fingerprint density at radius 2 is 1.76 bits per heavy atom. The first kappa shape index (κ1) is 32.3. The fourth-order valence-corrected chi connectivity index (χ4v) is 7.23. The van der Waals surface area contributed by atoms with Crippen molar-refractivity contribution >= 4 is 53.6 Å². The lowest BCUT2D eigenvalue weighted by atomic mass is 10.0. The average Bonchev–Trinajstić information content (AvgIpc) is 3.50. The quantitative estimate of drug-likeness (QED) is 0.151. The lowest BCUT2D eigenvalue weighted by Gasteiger charge is -2.18. The van der Waals surface area contributed by atoms with Crippen molar-refractivity contribution in [3.05, 3.63) is 94.3 Å². The molecule has 4 aromatic rings. The van der Waals surface area contributed by atoms with Crippen LogP contribution in [-0.4, -0.2) is 44.0 Å². The van der Waals surface area contributed by atoms with Crippen molar-refractivity contribution in [2.45, 2.75) is 33.2 Å². The van der Waals surface area contributed by atoms with Crippen LogP contribution in [0, 0.1) is 18.3 Å². The van der Waals surface area contributed by atoms with Crippen LogP contribution < -0.4 is 14.2 Å². The summed E-state index contributed by atoms with van der Waals surface area (Å²) in [6.07, 6.45) is 4.54. The third kappa shape index (κ3) is 7.78. The summed E-state index contributed by atoms with van der Waals surface area (Å²) in [5, 5.41) is 10.4. The molecule has 45 heavy (non-hydrogen) atoms. The van der Waals surface area contributed by atoms with Crippen molar-refractivity contribution in [1.29, 1.82) is 5.26 Å². The smallest absolute Gasteiger partial charge is 0.266 e. The topological polar surface area (TPSA) is 149 Å². The van der Waals surface area contributed by atoms with E-state index in [1.807, 2.05) is 91.2 Å². The number of anilines is 1. The van der Waals surface area contributed by atoms with Crippen molar-refractivity contribution in [2.75, 3.05) is 23.0 Å². The fraction of sp³-hybridized carbons (Fsp3) is 0.250. The number of allylic oxidation sites excluding steroid dienone is 2. The van der Waals surface area contributed by atoms with Gasteiger partial charge in [-0.05, 0) is 53.8 Å². The summed E-state index contributed by atoms with van der Waals surface area (Å²) in [6, 6.07) is 21.4. The number of fused-ring (bicyclic) bond motifs is 2. The van der Waals surface area contributed by atoms with Gasteiger partial charge in [0.15, 0.2) is 12.3 Å². The van der Waals surface area contributed by atoms with Crippen LogP contribution in [0.2, 0.25) is 0 Å². The zero-order chi connectivity index (χ0) is 32.4. The van der Waals surface area contributed by atoms with Gasteiger partial charge in [0.25, 0.3) is 25.2 Å². The summed E-state index contributed by atoms with van der Waals surface area (Å²) in [4.78, 5) is 1.73. The van der Waals surface area contributed by atoms with Crippen LogP contribution in [0.5, 0.6) is 5.75 Å². The molecule has 0 saturated carbocycles. The molecule has 3 aromatic carbocycles. The van der Waals surface area contributed by atoms with Crippen molar-refractivity contribution in [3.8, 4) is 22.9 Å². The van der Waals surface area contributed by atoms with Crippen LogP contribution in [0.25, 0.3) is 27.4 Å². The number of rotatable bonds is 11. The summed E-state index contributed by atoms with van der Waals surface area (Å²) >= 11 is 1.45. The van der Waals surface area contributed by atoms with Crippen LogP contribution >= 0.6 is 11.3 Å². The first-order valence-electron chi connectivity index (χ1n) is 14.2. The maximum atomic E-state index is 11.7. The maximum absolute atomic E-state index is 11.7. The minimum atomic E-state index is -4.26. The number of aryl methyl sites for hydroxylation is 2. The van der Waals surface area contributed by atoms with Gasteiger partial charge >= 0.3 is 0 Å². The second-order valence-corrected chi connectivity index (χ2v) is 14.8. The Kier molecular flexibility index (Phi) is 9.43. The minimum absolute atomic E-state index is 0.0400. The van der Waals surface area contributed by atoms with Crippen molar-refractivity contribution in [3.63, 3.8) is 0 Å². The van der Waals surface area contributed by atoms with E-state index in [9.17, 15) is 31.2 Å². The van der Waals surface area contributed by atoms with E-state index in [-0.39, 0.29) is 18.7 Å². The van der Waals surface area contributed by atoms with Crippen LogP contribution in [0.15, 0.2) is 78.2 Å². The lowest BCUT2D eigenvalue weighted by Crippen LogP contribution is -2.36. The van der Waals surface area contributed by atoms with Gasteiger partial charge < -0.3 is 9.64 Å². The molecule has 1 aromatic heterocycles. The molecule has 0 fully saturated rings. The number of hydrogen-bond acceptors (Lipinski definition) is 8. The predicted molar refractivity (Wildman–Crippen MR) is 175 cm³/mol. The molecule has 0 amide bonds. The number of aromatic nitrogens is 1. The van der Waals surface area contributed by atoms with E-state index in [0.717, 1.165) is 37.5 Å². The third-order valence-electron chi connectivity index (χ3n) is 7.42. The van der Waals surface area contributed by atoms with Gasteiger partial charge in [0.2, 0.25) is 11.4 Å². The third-order valence-corrected chi connectivity index (χ3v) is 10.0. The number of ether oxygens (including phenoxy) is 1. The molecule has 1 aliphatic rings. The van der Waals surface area contributed by atoms with Gasteiger partial charge in [0.05, 0.1) is 28.8 Å². The number of nitrogens with zero attached hydrogens (tertiary/aromatic N) is 3. The highest BCUT2D eigenvalue weighted by atomic mass is 32.2. The summed E-state index contributed by atoms with van der Waals surface area (Å²) < 4.78 is 74.2. The second-order valence-electron chi connectivity index (χ2n) is 10.6. The molecule has 0 aliphatic carbocycles. The van der Waals surface area contributed by atoms with Gasteiger partial charge in [-0.25, -0.2) is 0 Å². The molecule has 0 radical (unpaired) electrons. The highest BCUT2D eigenvalue weighted by Gasteiger charge is 2.29. The summed E-state index contributed by atoms with van der Waals surface area (Å²) in [6.45, 7) is 4.08. The van der Waals surface area contributed by atoms with Gasteiger partial charge in [0.1, 0.15) is 4.70 Å². The molecule has 5 rings (SSSR count). The van der Waals surface area contributed by atoms with Crippen molar-refractivity contribution in [2.24, 2.45) is 0 Å². The molecule has 2 heterocycles. The van der Waals surface area contributed by atoms with E-state index in [0.29, 0.717) is 35.8 Å². The Morgan fingerprint density at radius 3 is 2.42 bits per heavy atom. The normalized spacial score (nSPS) is 14.5. The molecule has 234 valence electrons. The van der Waals surface area contributed by atoms with Gasteiger partial charge in [-0.15, -0.1) is 0 Å². The Labute approximate surface area is 266 Å². The van der Waals surface area contributed by atoms with E-state index in [1.54, 1.807) is 4.90 Å². The highest BCUT2D eigenvalue weighted by Crippen LogP contribution is 2.42. The van der Waals surface area contributed by atoms with Crippen molar-refractivity contribution in [1.82, 2.24) is 0 Å². The van der Waals surface area contributed by atoms with Gasteiger partial charge in [-0.2, -0.15) is 26.7 Å². The highest BCUT2D eigenvalue weighted by molar-refractivity contribution is 7.86. The summed E-state index contributed by atoms with van der Waals surface area (Å²) in [5.74, 6) is 0.0562. The predicted octanol–water partition coefficient (Wildman–Crippen LogP) is 5.74. The monoisotopic (exact) mass is 666 g/mol. The number of thiazole rings is 1. The largest absolute Gasteiger partial charge is 0.439 e. The average molecular weight is 667 g/mol. The van der Waals surface area contributed by atoms with E-state index >= 15 is 0 Å². The number of hydrogen-bond donors (Lipinski definition) is 2. The molecule has 0 saturated heterocycles. The molecule has 10 nitrogen and oxygen atoms in total. The zero-order valence-electron chi connectivity index (χ0n) is 24.7. The Morgan fingerprint density at radius 1 is 1.02 bits per heavy atom. The number of benzene rings is 3. The molecular formula is C32H32N3O7S3+. The van der Waals surface area contributed by atoms with Crippen LogP contribution in [0.3, 0.4) is 0 Å². The zero-order valence-corrected chi connectivity index (χ0v) is 27.1. The summed E-state index contributed by atoms with van der Waals surface area (Å²) in [5.41, 5.74) is 5.60. The molecule has 2 N–H and O–H groups in total. The van der Waals surface area contributed by atoms with E-state index in [2.05, 4.69) is 6.07 Å². The standard InChI is InChI=1S/C32H31N3O7S3/c1-3-23(18-32-35(12-7-14-44(36,37)38)28-16-22(2)26(21-33)20-30(28)43-32)17-31-34(13-15-45(39,40)41)27-19-25(10-11-29(27)42-31)24-8-5-4-6-9-24/h4-6,8-11,16-20H,3,7,12-15H2,1-2H3,(H-,36,37,38,39,40,41)/p+1. The van der Waals surface area contributed by atoms with Gasteiger partial charge in [-0.3, -0.25) is 9.11 Å². The van der Waals surface area contributed by atoms with Crippen LogP contribution in [0.4, 0.5) is 5.69 Å². The maximum Gasteiger partial charge on any atom is 0.266 e. The molecule has 13 heteroatoms. The van der Waals surface area contributed by atoms with Crippen LogP contribution in [-0.2, 0) is 26.8 Å². The Hall–Kier alpha value is -4.06. The van der Waals surface area contributed by atoms with E-state index < -0.39 is 26.0 Å². The molecule has 0 unspecified atom stereocenters. The van der Waals surface area contributed by atoms with Crippen molar-refractivity contribution < 1.29 is 35.2 Å². The molecule has 0 atom stereocenters. The minimum Gasteiger partial charge on any atom is -0.439 e. The lowest BCUT2D eigenvalue weighted by molar-refractivity contribution is -0.668. The van der Waals surface area contributed by atoms with E-state index in [4.69, 9.17) is 4.74 Å². The SMILES string of the molecule is CCC(=Cc1sc2cc(C#N)c(C)cc2[n+]1CCCS(=O)(=O)O)C=C1Oc2ccc(-c3ccccc3)cc2N1CCS(=O)(=O)O. The Bertz CT molecular complexity index is 2080.